The Kier molecular flexibility index (Phi) is 6.91. The van der Waals surface area contributed by atoms with Gasteiger partial charge in [0, 0.05) is 20.1 Å². The first kappa shape index (κ1) is 18.7. The Bertz CT molecular complexity index is 696. The van der Waals surface area contributed by atoms with Crippen LogP contribution in [0.15, 0.2) is 46.1 Å². The van der Waals surface area contributed by atoms with Crippen LogP contribution >= 0.6 is 11.3 Å². The topological polar surface area (TPSA) is 48.9 Å². The monoisotopic (exact) mass is 372 g/mol. The van der Waals surface area contributed by atoms with E-state index in [0.717, 1.165) is 37.9 Å². The number of nitrogens with zero attached hydrogens (tertiary/aromatic N) is 2. The van der Waals surface area contributed by atoms with E-state index in [1.54, 1.807) is 18.4 Å². The molecule has 2 N–H and O–H groups in total. The Balaban J connectivity index is 1.64. The van der Waals surface area contributed by atoms with Crippen molar-refractivity contribution in [2.45, 2.75) is 25.4 Å². The van der Waals surface area contributed by atoms with Crippen LogP contribution in [0.3, 0.4) is 0 Å². The van der Waals surface area contributed by atoms with E-state index in [4.69, 9.17) is 4.74 Å². The summed E-state index contributed by atoms with van der Waals surface area (Å²) < 4.78 is 5.42. The van der Waals surface area contributed by atoms with Crippen LogP contribution in [-0.2, 0) is 6.54 Å². The van der Waals surface area contributed by atoms with Gasteiger partial charge in [-0.3, -0.25) is 9.89 Å². The smallest absolute Gasteiger partial charge is 0.191 e. The van der Waals surface area contributed by atoms with Crippen molar-refractivity contribution in [2.75, 3.05) is 33.8 Å². The van der Waals surface area contributed by atoms with Crippen LogP contribution in [0.25, 0.3) is 0 Å². The minimum absolute atomic E-state index is 0.312. The van der Waals surface area contributed by atoms with Crippen molar-refractivity contribution in [3.05, 3.63) is 52.2 Å². The van der Waals surface area contributed by atoms with Gasteiger partial charge in [-0.25, -0.2) is 0 Å². The molecular weight excluding hydrogens is 344 g/mol. The summed E-state index contributed by atoms with van der Waals surface area (Å²) in [6.45, 7) is 3.89. The number of likely N-dealkylation sites (tertiary alicyclic amines) is 1. The lowest BCUT2D eigenvalue weighted by molar-refractivity contribution is 0.245. The minimum atomic E-state index is 0.312. The Hall–Kier alpha value is -2.05. The van der Waals surface area contributed by atoms with Gasteiger partial charge in [0.1, 0.15) is 5.75 Å². The molecule has 1 aromatic carbocycles. The molecule has 6 heteroatoms. The first-order valence-electron chi connectivity index (χ1n) is 9.13. The van der Waals surface area contributed by atoms with Gasteiger partial charge in [-0.15, -0.1) is 0 Å². The van der Waals surface area contributed by atoms with Gasteiger partial charge in [-0.05, 0) is 66.0 Å². The number of methoxy groups -OCH3 is 1. The Labute approximate surface area is 160 Å². The van der Waals surface area contributed by atoms with Crippen molar-refractivity contribution in [3.63, 3.8) is 0 Å². The lowest BCUT2D eigenvalue weighted by Gasteiger charge is -2.29. The van der Waals surface area contributed by atoms with E-state index in [9.17, 15) is 0 Å². The van der Waals surface area contributed by atoms with E-state index >= 15 is 0 Å². The van der Waals surface area contributed by atoms with Crippen LogP contribution in [0, 0.1) is 0 Å². The lowest BCUT2D eigenvalue weighted by Crippen LogP contribution is -2.42. The first-order chi connectivity index (χ1) is 12.8. The van der Waals surface area contributed by atoms with E-state index in [0.29, 0.717) is 6.04 Å². The highest BCUT2D eigenvalue weighted by Crippen LogP contribution is 2.27. The van der Waals surface area contributed by atoms with Gasteiger partial charge in [-0.2, -0.15) is 11.3 Å². The fourth-order valence-electron chi connectivity index (χ4n) is 3.35. The van der Waals surface area contributed by atoms with Crippen LogP contribution in [0.1, 0.15) is 30.0 Å². The van der Waals surface area contributed by atoms with Crippen LogP contribution in [0.4, 0.5) is 0 Å². The summed E-state index contributed by atoms with van der Waals surface area (Å²) in [5.74, 6) is 1.75. The molecule has 1 unspecified atom stereocenters. The van der Waals surface area contributed by atoms with Crippen molar-refractivity contribution in [2.24, 2.45) is 4.99 Å². The summed E-state index contributed by atoms with van der Waals surface area (Å²) in [6.07, 6.45) is 2.54. The standard InChI is InChI=1S/C20H28N4OS/c1-21-20(22-13-16-8-11-26-15-16)23-14-19(24-9-3-4-10-24)17-6-5-7-18(12-17)25-2/h5-8,11-12,15,19H,3-4,9-10,13-14H2,1-2H3,(H2,21,22,23). The van der Waals surface area contributed by atoms with Gasteiger partial charge in [-0.1, -0.05) is 12.1 Å². The summed E-state index contributed by atoms with van der Waals surface area (Å²) >= 11 is 1.72. The molecule has 2 heterocycles. The van der Waals surface area contributed by atoms with Gasteiger partial charge in [0.15, 0.2) is 5.96 Å². The summed E-state index contributed by atoms with van der Waals surface area (Å²) in [7, 11) is 3.54. The van der Waals surface area contributed by atoms with Gasteiger partial charge < -0.3 is 15.4 Å². The molecule has 26 heavy (non-hydrogen) atoms. The highest BCUT2D eigenvalue weighted by molar-refractivity contribution is 7.07. The molecule has 0 aliphatic carbocycles. The number of hydrogen-bond acceptors (Lipinski definition) is 4. The summed E-state index contributed by atoms with van der Waals surface area (Å²) in [4.78, 5) is 6.92. The maximum Gasteiger partial charge on any atom is 0.191 e. The number of guanidine groups is 1. The molecule has 0 bridgehead atoms. The molecule has 1 aromatic heterocycles. The molecule has 1 fully saturated rings. The van der Waals surface area contributed by atoms with Crippen LogP contribution < -0.4 is 15.4 Å². The maximum atomic E-state index is 5.42. The molecule has 1 aliphatic rings. The summed E-state index contributed by atoms with van der Waals surface area (Å²) in [5.41, 5.74) is 2.56. The van der Waals surface area contributed by atoms with Crippen molar-refractivity contribution in [3.8, 4) is 5.75 Å². The quantitative estimate of drug-likeness (QED) is 0.579. The van der Waals surface area contributed by atoms with Gasteiger partial charge in [0.25, 0.3) is 0 Å². The molecule has 3 rings (SSSR count). The number of benzene rings is 1. The maximum absolute atomic E-state index is 5.42. The third-order valence-corrected chi connectivity index (χ3v) is 5.52. The van der Waals surface area contributed by atoms with E-state index < -0.39 is 0 Å². The first-order valence-corrected chi connectivity index (χ1v) is 10.1. The zero-order chi connectivity index (χ0) is 18.2. The Morgan fingerprint density at radius 3 is 2.81 bits per heavy atom. The third kappa shape index (κ3) is 4.99. The minimum Gasteiger partial charge on any atom is -0.497 e. The molecule has 5 nitrogen and oxygen atoms in total. The molecule has 1 atom stereocenters. The largest absolute Gasteiger partial charge is 0.497 e. The zero-order valence-corrected chi connectivity index (χ0v) is 16.4. The molecule has 0 saturated carbocycles. The van der Waals surface area contributed by atoms with E-state index in [2.05, 4.69) is 55.6 Å². The highest BCUT2D eigenvalue weighted by atomic mass is 32.1. The predicted octanol–water partition coefficient (Wildman–Crippen LogP) is 3.26. The van der Waals surface area contributed by atoms with E-state index in [-0.39, 0.29) is 0 Å². The molecule has 1 aliphatic heterocycles. The molecule has 0 amide bonds. The zero-order valence-electron chi connectivity index (χ0n) is 15.6. The van der Waals surface area contributed by atoms with Gasteiger partial charge in [0.2, 0.25) is 0 Å². The number of rotatable bonds is 7. The van der Waals surface area contributed by atoms with Crippen LogP contribution in [-0.4, -0.2) is 44.7 Å². The van der Waals surface area contributed by atoms with Crippen molar-refractivity contribution in [1.82, 2.24) is 15.5 Å². The summed E-state index contributed by atoms with van der Waals surface area (Å²) in [5, 5.41) is 11.2. The van der Waals surface area contributed by atoms with Crippen molar-refractivity contribution >= 4 is 17.3 Å². The number of aliphatic imine (C=N–C) groups is 1. The van der Waals surface area contributed by atoms with E-state index in [1.165, 1.54) is 24.0 Å². The lowest BCUT2D eigenvalue weighted by atomic mass is 10.1. The van der Waals surface area contributed by atoms with Crippen molar-refractivity contribution < 1.29 is 4.74 Å². The van der Waals surface area contributed by atoms with Crippen LogP contribution in [0.2, 0.25) is 0 Å². The molecular formula is C20H28N4OS. The second-order valence-electron chi connectivity index (χ2n) is 6.47. The molecule has 2 aromatic rings. The van der Waals surface area contributed by atoms with Gasteiger partial charge >= 0.3 is 0 Å². The highest BCUT2D eigenvalue weighted by Gasteiger charge is 2.24. The summed E-state index contributed by atoms with van der Waals surface area (Å²) in [6, 6.07) is 10.8. The molecule has 1 saturated heterocycles. The fourth-order valence-corrected chi connectivity index (χ4v) is 4.02. The second kappa shape index (κ2) is 9.59. The molecule has 0 radical (unpaired) electrons. The normalized spacial score (nSPS) is 16.5. The van der Waals surface area contributed by atoms with Crippen molar-refractivity contribution in [1.29, 1.82) is 0 Å². The average Bonchev–Trinajstić information content (AvgIpc) is 3.38. The predicted molar refractivity (Wildman–Crippen MR) is 109 cm³/mol. The SMILES string of the molecule is CN=C(NCc1ccsc1)NCC(c1cccc(OC)c1)N1CCCC1. The number of thiophene rings is 1. The number of hydrogen-bond donors (Lipinski definition) is 2. The van der Waals surface area contributed by atoms with E-state index in [1.807, 2.05) is 13.1 Å². The number of nitrogens with one attached hydrogen (secondary N) is 2. The second-order valence-corrected chi connectivity index (χ2v) is 7.25. The number of ether oxygens (including phenoxy) is 1. The van der Waals surface area contributed by atoms with Crippen LogP contribution in [0.5, 0.6) is 5.75 Å². The third-order valence-electron chi connectivity index (χ3n) is 4.79. The Morgan fingerprint density at radius 2 is 2.12 bits per heavy atom. The Morgan fingerprint density at radius 1 is 1.27 bits per heavy atom. The molecule has 0 spiro atoms. The average molecular weight is 373 g/mol. The van der Waals surface area contributed by atoms with Gasteiger partial charge in [0.05, 0.1) is 13.2 Å². The fraction of sp³-hybridized carbons (Fsp3) is 0.450. The molecule has 140 valence electrons.